The molecule has 0 aromatic carbocycles. The van der Waals surface area contributed by atoms with Crippen molar-refractivity contribution in [3.8, 4) is 0 Å². The minimum absolute atomic E-state index is 0.147. The van der Waals surface area contributed by atoms with Crippen LogP contribution in [-0.4, -0.2) is 49.9 Å². The predicted molar refractivity (Wildman–Crippen MR) is 71.1 cm³/mol. The highest BCUT2D eigenvalue weighted by Gasteiger charge is 2.41. The molecule has 7 heteroatoms. The monoisotopic (exact) mass is 273 g/mol. The molecule has 1 saturated heterocycles. The third kappa shape index (κ3) is 1.74. The Morgan fingerprint density at radius 1 is 1.40 bits per heavy atom. The van der Waals surface area contributed by atoms with Crippen molar-refractivity contribution in [3.05, 3.63) is 30.4 Å². The zero-order valence-corrected chi connectivity index (χ0v) is 11.3. The lowest BCUT2D eigenvalue weighted by Crippen LogP contribution is -2.63. The Kier molecular flexibility index (Phi) is 2.70. The maximum absolute atomic E-state index is 12.7. The van der Waals surface area contributed by atoms with Gasteiger partial charge in [-0.3, -0.25) is 14.6 Å². The Labute approximate surface area is 115 Å². The van der Waals surface area contributed by atoms with Crippen molar-refractivity contribution in [2.24, 2.45) is 0 Å². The summed E-state index contributed by atoms with van der Waals surface area (Å²) in [6, 6.07) is 0. The number of amides is 2. The third-order valence-corrected chi connectivity index (χ3v) is 3.65. The molecule has 3 heterocycles. The molecule has 0 spiro atoms. The van der Waals surface area contributed by atoms with Gasteiger partial charge in [-0.2, -0.15) is 5.10 Å². The molecule has 104 valence electrons. The Morgan fingerprint density at radius 2 is 2.20 bits per heavy atom. The lowest BCUT2D eigenvalue weighted by molar-refractivity contribution is -0.133. The highest BCUT2D eigenvalue weighted by molar-refractivity contribution is 6.03. The molecule has 0 bridgehead atoms. The van der Waals surface area contributed by atoms with Crippen LogP contribution in [0, 0.1) is 0 Å². The molecule has 1 N–H and O–H groups in total. The van der Waals surface area contributed by atoms with Gasteiger partial charge < -0.3 is 10.2 Å². The Morgan fingerprint density at radius 3 is 3.00 bits per heavy atom. The van der Waals surface area contributed by atoms with E-state index in [9.17, 15) is 9.59 Å². The van der Waals surface area contributed by atoms with Gasteiger partial charge in [0, 0.05) is 25.5 Å². The maximum Gasteiger partial charge on any atom is 0.258 e. The van der Waals surface area contributed by atoms with Crippen LogP contribution in [-0.2, 0) is 4.79 Å². The van der Waals surface area contributed by atoms with Gasteiger partial charge in [-0.25, -0.2) is 4.52 Å². The molecule has 20 heavy (non-hydrogen) atoms. The summed E-state index contributed by atoms with van der Waals surface area (Å²) >= 11 is 0. The molecule has 2 amide bonds. The zero-order valence-electron chi connectivity index (χ0n) is 11.3. The molecule has 1 fully saturated rings. The van der Waals surface area contributed by atoms with Gasteiger partial charge in [-0.15, -0.1) is 0 Å². The molecule has 2 aromatic rings. The van der Waals surface area contributed by atoms with Gasteiger partial charge in [0.1, 0.15) is 5.54 Å². The first-order valence-electron chi connectivity index (χ1n) is 6.39. The van der Waals surface area contributed by atoms with E-state index < -0.39 is 5.54 Å². The average molecular weight is 273 g/mol. The molecule has 1 aliphatic heterocycles. The topological polar surface area (TPSA) is 79.6 Å². The fourth-order valence-corrected chi connectivity index (χ4v) is 2.40. The quantitative estimate of drug-likeness (QED) is 0.798. The molecule has 1 aliphatic rings. The van der Waals surface area contributed by atoms with Crippen LogP contribution in [0.3, 0.4) is 0 Å². The summed E-state index contributed by atoms with van der Waals surface area (Å²) in [6.07, 6.45) is 6.39. The summed E-state index contributed by atoms with van der Waals surface area (Å²) in [5.74, 6) is -0.348. The van der Waals surface area contributed by atoms with Crippen molar-refractivity contribution in [2.75, 3.05) is 13.1 Å². The molecule has 0 unspecified atom stereocenters. The molecule has 7 nitrogen and oxygen atoms in total. The first-order chi connectivity index (χ1) is 9.51. The molecular weight excluding hydrogens is 258 g/mol. The summed E-state index contributed by atoms with van der Waals surface area (Å²) in [5, 5.41) is 6.90. The largest absolute Gasteiger partial charge is 0.352 e. The van der Waals surface area contributed by atoms with Gasteiger partial charge in [-0.05, 0) is 13.8 Å². The Balaban J connectivity index is 2.02. The number of carbonyl (C=O) groups excluding carboxylic acids is 2. The van der Waals surface area contributed by atoms with Crippen molar-refractivity contribution >= 4 is 17.3 Å². The number of carbonyl (C=O) groups is 2. The van der Waals surface area contributed by atoms with Crippen LogP contribution in [0.4, 0.5) is 0 Å². The first-order valence-corrected chi connectivity index (χ1v) is 6.39. The lowest BCUT2D eigenvalue weighted by Gasteiger charge is -2.41. The summed E-state index contributed by atoms with van der Waals surface area (Å²) < 4.78 is 1.59. The highest BCUT2D eigenvalue weighted by atomic mass is 16.2. The molecule has 0 aliphatic carbocycles. The van der Waals surface area contributed by atoms with Crippen LogP contribution in [0.25, 0.3) is 5.52 Å². The summed E-state index contributed by atoms with van der Waals surface area (Å²) in [5.41, 5.74) is 0.228. The number of hydrogen-bond acceptors (Lipinski definition) is 4. The number of hydrogen-bond donors (Lipinski definition) is 1. The van der Waals surface area contributed by atoms with Crippen LogP contribution in [0.2, 0.25) is 0 Å². The van der Waals surface area contributed by atoms with Gasteiger partial charge in [0.15, 0.2) is 0 Å². The van der Waals surface area contributed by atoms with Gasteiger partial charge in [0.05, 0.1) is 23.5 Å². The minimum Gasteiger partial charge on any atom is -0.352 e. The highest BCUT2D eigenvalue weighted by Crippen LogP contribution is 2.22. The van der Waals surface area contributed by atoms with E-state index in [0.29, 0.717) is 24.2 Å². The van der Waals surface area contributed by atoms with Crippen molar-refractivity contribution < 1.29 is 9.59 Å². The average Bonchev–Trinajstić information content (AvgIpc) is 2.85. The van der Waals surface area contributed by atoms with Crippen LogP contribution in [0.5, 0.6) is 0 Å². The minimum atomic E-state index is -0.869. The predicted octanol–water partition coefficient (Wildman–Crippen LogP) is 0.0799. The van der Waals surface area contributed by atoms with E-state index in [1.165, 1.54) is 6.20 Å². The van der Waals surface area contributed by atoms with E-state index in [0.717, 1.165) is 0 Å². The van der Waals surface area contributed by atoms with E-state index in [1.54, 1.807) is 41.9 Å². The van der Waals surface area contributed by atoms with Gasteiger partial charge >= 0.3 is 0 Å². The van der Waals surface area contributed by atoms with Crippen molar-refractivity contribution in [1.29, 1.82) is 0 Å². The van der Waals surface area contributed by atoms with E-state index >= 15 is 0 Å². The summed E-state index contributed by atoms with van der Waals surface area (Å²) in [7, 11) is 0. The summed E-state index contributed by atoms with van der Waals surface area (Å²) in [4.78, 5) is 30.2. The normalized spacial score (nSPS) is 18.1. The SMILES string of the molecule is CC1(C)C(=O)NCCN1C(=O)c1cnn2ccncc12. The molecule has 0 atom stereocenters. The Hall–Kier alpha value is -2.44. The second kappa shape index (κ2) is 4.29. The van der Waals surface area contributed by atoms with Gasteiger partial charge in [0.2, 0.25) is 5.91 Å². The van der Waals surface area contributed by atoms with Crippen LogP contribution < -0.4 is 5.32 Å². The van der Waals surface area contributed by atoms with Crippen molar-refractivity contribution in [2.45, 2.75) is 19.4 Å². The molecule has 2 aromatic heterocycles. The molecular formula is C13H15N5O2. The molecule has 0 radical (unpaired) electrons. The van der Waals surface area contributed by atoms with Gasteiger partial charge in [-0.1, -0.05) is 0 Å². The van der Waals surface area contributed by atoms with Crippen LogP contribution >= 0.6 is 0 Å². The third-order valence-electron chi connectivity index (χ3n) is 3.65. The van der Waals surface area contributed by atoms with E-state index in [-0.39, 0.29) is 11.8 Å². The fraction of sp³-hybridized carbons (Fsp3) is 0.385. The van der Waals surface area contributed by atoms with E-state index in [2.05, 4.69) is 15.4 Å². The van der Waals surface area contributed by atoms with E-state index in [4.69, 9.17) is 0 Å². The molecule has 0 saturated carbocycles. The van der Waals surface area contributed by atoms with Crippen molar-refractivity contribution in [3.63, 3.8) is 0 Å². The van der Waals surface area contributed by atoms with Crippen LogP contribution in [0.1, 0.15) is 24.2 Å². The smallest absolute Gasteiger partial charge is 0.258 e. The maximum atomic E-state index is 12.7. The van der Waals surface area contributed by atoms with Crippen molar-refractivity contribution in [1.82, 2.24) is 24.8 Å². The number of aromatic nitrogens is 3. The van der Waals surface area contributed by atoms with Gasteiger partial charge in [0.25, 0.3) is 5.91 Å². The number of fused-ring (bicyclic) bond motifs is 1. The lowest BCUT2D eigenvalue weighted by atomic mass is 9.98. The first kappa shape index (κ1) is 12.6. The molecule has 3 rings (SSSR count). The standard InChI is InChI=1S/C13H15N5O2/c1-13(2)12(20)15-4-5-17(13)11(19)9-7-16-18-6-3-14-8-10(9)18/h3,6-8H,4-5H2,1-2H3,(H,15,20). The number of nitrogens with zero attached hydrogens (tertiary/aromatic N) is 4. The number of piperazine rings is 1. The van der Waals surface area contributed by atoms with E-state index in [1.807, 2.05) is 0 Å². The number of nitrogens with one attached hydrogen (secondary N) is 1. The van der Waals surface area contributed by atoms with Crippen LogP contribution in [0.15, 0.2) is 24.8 Å². The Bertz CT molecular complexity index is 691. The zero-order chi connectivity index (χ0) is 14.3. The second-order valence-electron chi connectivity index (χ2n) is 5.24. The summed E-state index contributed by atoms with van der Waals surface area (Å²) in [6.45, 7) is 4.42. The second-order valence-corrected chi connectivity index (χ2v) is 5.24. The fourth-order valence-electron chi connectivity index (χ4n) is 2.40. The number of rotatable bonds is 1.